The van der Waals surface area contributed by atoms with E-state index in [1.807, 2.05) is 0 Å². The zero-order valence-electron chi connectivity index (χ0n) is 16.8. The first-order chi connectivity index (χ1) is 15.5. The average molecular weight is 479 g/mol. The zero-order chi connectivity index (χ0) is 24.1. The number of aromatic nitrogens is 4. The van der Waals surface area contributed by atoms with Crippen LogP contribution < -0.4 is 11.2 Å². The first-order valence-corrected chi connectivity index (χ1v) is 9.72. The minimum atomic E-state index is -4.75. The maximum Gasteiger partial charge on any atom is 0.417 e. The van der Waals surface area contributed by atoms with Crippen LogP contribution in [0.3, 0.4) is 0 Å². The van der Waals surface area contributed by atoms with Crippen LogP contribution in [0.25, 0.3) is 16.7 Å². The van der Waals surface area contributed by atoms with Gasteiger partial charge in [0.1, 0.15) is 5.56 Å². The largest absolute Gasteiger partial charge is 0.477 e. The Hall–Kier alpha value is -3.86. The molecule has 0 amide bonds. The monoisotopic (exact) mass is 478 g/mol. The number of carboxylic acid groups (broad SMARTS) is 1. The van der Waals surface area contributed by atoms with E-state index < -0.39 is 46.1 Å². The van der Waals surface area contributed by atoms with Gasteiger partial charge in [0.2, 0.25) is 0 Å². The number of alkyl halides is 3. The second kappa shape index (κ2) is 7.93. The van der Waals surface area contributed by atoms with Gasteiger partial charge in [0, 0.05) is 13.2 Å². The van der Waals surface area contributed by atoms with Crippen LogP contribution in [0.2, 0.25) is 5.02 Å². The van der Waals surface area contributed by atoms with Gasteiger partial charge >= 0.3 is 17.8 Å². The van der Waals surface area contributed by atoms with Crippen molar-refractivity contribution in [3.63, 3.8) is 0 Å². The molecule has 4 aromatic rings. The van der Waals surface area contributed by atoms with E-state index in [0.29, 0.717) is 10.1 Å². The SMILES string of the molecule is Cn1cnc2cc(-n3cc(C(=O)O)c(=O)n(Cc4cccc(C(F)(F)F)c4Cl)c3=O)ccc21. The molecular formula is C21H14ClF3N4O4. The summed E-state index contributed by atoms with van der Waals surface area (Å²) in [5.41, 5.74) is -2.68. The van der Waals surface area contributed by atoms with Crippen LogP contribution in [0.4, 0.5) is 13.2 Å². The number of benzene rings is 2. The zero-order valence-corrected chi connectivity index (χ0v) is 17.6. The van der Waals surface area contributed by atoms with E-state index in [9.17, 15) is 32.7 Å². The smallest absolute Gasteiger partial charge is 0.417 e. The number of carboxylic acids is 1. The van der Waals surface area contributed by atoms with Crippen LogP contribution in [-0.2, 0) is 19.8 Å². The highest BCUT2D eigenvalue weighted by atomic mass is 35.5. The molecule has 170 valence electrons. The number of halogens is 4. The number of hydrogen-bond acceptors (Lipinski definition) is 4. The Kier molecular flexibility index (Phi) is 5.36. The van der Waals surface area contributed by atoms with Crippen molar-refractivity contribution in [1.82, 2.24) is 18.7 Å². The molecule has 8 nitrogen and oxygen atoms in total. The summed E-state index contributed by atoms with van der Waals surface area (Å²) in [7, 11) is 1.77. The normalized spacial score (nSPS) is 11.8. The van der Waals surface area contributed by atoms with E-state index in [1.54, 1.807) is 24.0 Å². The third-order valence-corrected chi connectivity index (χ3v) is 5.55. The van der Waals surface area contributed by atoms with Gasteiger partial charge in [-0.3, -0.25) is 13.9 Å². The molecule has 0 saturated carbocycles. The fraction of sp³-hybridized carbons (Fsp3) is 0.143. The molecule has 0 atom stereocenters. The molecule has 0 aliphatic carbocycles. The van der Waals surface area contributed by atoms with Gasteiger partial charge in [-0.1, -0.05) is 23.7 Å². The molecule has 0 aliphatic heterocycles. The maximum atomic E-state index is 13.2. The van der Waals surface area contributed by atoms with Crippen molar-refractivity contribution in [2.45, 2.75) is 12.7 Å². The average Bonchev–Trinajstić information content (AvgIpc) is 3.11. The van der Waals surface area contributed by atoms with Crippen molar-refractivity contribution >= 4 is 28.6 Å². The minimum absolute atomic E-state index is 0.167. The molecule has 2 aromatic carbocycles. The number of nitrogens with zero attached hydrogens (tertiary/aromatic N) is 4. The van der Waals surface area contributed by atoms with Gasteiger partial charge in [0.05, 0.1) is 40.2 Å². The van der Waals surface area contributed by atoms with E-state index in [-0.39, 0.29) is 11.3 Å². The summed E-state index contributed by atoms with van der Waals surface area (Å²) in [6.07, 6.45) is -2.32. The predicted octanol–water partition coefficient (Wildman–Crippen LogP) is 3.30. The first kappa shape index (κ1) is 22.3. The topological polar surface area (TPSA) is 99.1 Å². The molecule has 0 radical (unpaired) electrons. The molecule has 0 unspecified atom stereocenters. The van der Waals surface area contributed by atoms with E-state index in [4.69, 9.17) is 11.6 Å². The lowest BCUT2D eigenvalue weighted by Gasteiger charge is -2.15. The van der Waals surface area contributed by atoms with Gasteiger partial charge in [-0.2, -0.15) is 13.2 Å². The lowest BCUT2D eigenvalue weighted by molar-refractivity contribution is -0.137. The molecule has 12 heteroatoms. The summed E-state index contributed by atoms with van der Waals surface area (Å²) in [4.78, 5) is 41.7. The predicted molar refractivity (Wildman–Crippen MR) is 113 cm³/mol. The van der Waals surface area contributed by atoms with Gasteiger partial charge in [-0.25, -0.2) is 14.6 Å². The van der Waals surface area contributed by atoms with Gasteiger partial charge in [-0.15, -0.1) is 0 Å². The van der Waals surface area contributed by atoms with Crippen molar-refractivity contribution in [2.75, 3.05) is 0 Å². The standard InChI is InChI=1S/C21H14ClF3N4O4/c1-27-10-26-15-7-12(5-6-16(15)27)28-9-13(19(31)32)18(30)29(20(28)33)8-11-3-2-4-14(17(11)22)21(23,24)25/h2-7,9-10H,8H2,1H3,(H,31,32). The summed E-state index contributed by atoms with van der Waals surface area (Å²) < 4.78 is 42.8. The molecule has 0 aliphatic rings. The Balaban J connectivity index is 1.92. The van der Waals surface area contributed by atoms with Crippen LogP contribution in [-0.4, -0.2) is 29.8 Å². The summed E-state index contributed by atoms with van der Waals surface area (Å²) >= 11 is 5.90. The molecule has 1 N–H and O–H groups in total. The highest BCUT2D eigenvalue weighted by molar-refractivity contribution is 6.32. The van der Waals surface area contributed by atoms with E-state index in [1.165, 1.54) is 18.2 Å². The molecule has 0 saturated heterocycles. The number of aromatic carboxylic acids is 1. The Morgan fingerprint density at radius 1 is 1.18 bits per heavy atom. The molecule has 0 fully saturated rings. The highest BCUT2D eigenvalue weighted by Crippen LogP contribution is 2.36. The summed E-state index contributed by atoms with van der Waals surface area (Å²) in [6, 6.07) is 7.79. The molecule has 4 rings (SSSR count). The summed E-state index contributed by atoms with van der Waals surface area (Å²) in [5.74, 6) is -1.60. The van der Waals surface area contributed by atoms with Crippen molar-refractivity contribution < 1.29 is 23.1 Å². The maximum absolute atomic E-state index is 13.2. The third-order valence-electron chi connectivity index (χ3n) is 5.10. The van der Waals surface area contributed by atoms with Crippen LogP contribution in [0.15, 0.2) is 58.5 Å². The van der Waals surface area contributed by atoms with Crippen LogP contribution in [0, 0.1) is 0 Å². The molecule has 0 spiro atoms. The fourth-order valence-corrected chi connectivity index (χ4v) is 3.73. The van der Waals surface area contributed by atoms with Gasteiger partial charge in [0.25, 0.3) is 5.56 Å². The van der Waals surface area contributed by atoms with Crippen molar-refractivity contribution in [3.05, 3.63) is 91.5 Å². The summed E-state index contributed by atoms with van der Waals surface area (Å²) in [5, 5.41) is 8.80. The molecule has 2 heterocycles. The van der Waals surface area contributed by atoms with Crippen LogP contribution in [0.5, 0.6) is 0 Å². The fourth-order valence-electron chi connectivity index (χ4n) is 3.44. The first-order valence-electron chi connectivity index (χ1n) is 9.35. The Morgan fingerprint density at radius 3 is 2.58 bits per heavy atom. The number of hydrogen-bond donors (Lipinski definition) is 1. The Morgan fingerprint density at radius 2 is 1.91 bits per heavy atom. The Labute approximate surface area is 187 Å². The van der Waals surface area contributed by atoms with Crippen LogP contribution in [0.1, 0.15) is 21.5 Å². The van der Waals surface area contributed by atoms with E-state index >= 15 is 0 Å². The Bertz CT molecular complexity index is 1540. The number of imidazole rings is 1. The number of aryl methyl sites for hydroxylation is 1. The van der Waals surface area contributed by atoms with E-state index in [0.717, 1.165) is 28.4 Å². The lowest BCUT2D eigenvalue weighted by Crippen LogP contribution is -2.42. The minimum Gasteiger partial charge on any atom is -0.477 e. The molecular weight excluding hydrogens is 465 g/mol. The molecule has 0 bridgehead atoms. The molecule has 33 heavy (non-hydrogen) atoms. The summed E-state index contributed by atoms with van der Waals surface area (Å²) in [6.45, 7) is -0.659. The van der Waals surface area contributed by atoms with Crippen molar-refractivity contribution in [2.24, 2.45) is 7.05 Å². The van der Waals surface area contributed by atoms with Crippen molar-refractivity contribution in [3.8, 4) is 5.69 Å². The molecule has 2 aromatic heterocycles. The van der Waals surface area contributed by atoms with E-state index in [2.05, 4.69) is 4.98 Å². The highest BCUT2D eigenvalue weighted by Gasteiger charge is 2.34. The third kappa shape index (κ3) is 3.91. The number of rotatable bonds is 4. The second-order valence-corrected chi connectivity index (χ2v) is 7.57. The quantitative estimate of drug-likeness (QED) is 0.485. The number of fused-ring (bicyclic) bond motifs is 1. The lowest BCUT2D eigenvalue weighted by atomic mass is 10.1. The second-order valence-electron chi connectivity index (χ2n) is 7.20. The van der Waals surface area contributed by atoms with Crippen LogP contribution >= 0.6 is 11.6 Å². The van der Waals surface area contributed by atoms with Gasteiger partial charge in [-0.05, 0) is 29.8 Å². The number of carbonyl (C=O) groups is 1. The van der Waals surface area contributed by atoms with Gasteiger partial charge in [0.15, 0.2) is 0 Å². The van der Waals surface area contributed by atoms with Gasteiger partial charge < -0.3 is 9.67 Å². The van der Waals surface area contributed by atoms with Crippen molar-refractivity contribution in [1.29, 1.82) is 0 Å².